The average molecular weight is 291 g/mol. The van der Waals surface area contributed by atoms with Crippen LogP contribution in [0.15, 0.2) is 41.9 Å². The van der Waals surface area contributed by atoms with Gasteiger partial charge in [0.25, 0.3) is 0 Å². The van der Waals surface area contributed by atoms with E-state index in [1.54, 1.807) is 22.3 Å². The van der Waals surface area contributed by atoms with E-state index in [-0.39, 0.29) is 0 Å². The van der Waals surface area contributed by atoms with Gasteiger partial charge in [-0.1, -0.05) is 18.2 Å². The maximum absolute atomic E-state index is 5.71. The number of halogens is 1. The van der Waals surface area contributed by atoms with Gasteiger partial charge in [0.2, 0.25) is 0 Å². The monoisotopic (exact) mass is 290 g/mol. The summed E-state index contributed by atoms with van der Waals surface area (Å²) in [5, 5.41) is 11.6. The Morgan fingerprint density at radius 1 is 1.21 bits per heavy atom. The van der Waals surface area contributed by atoms with Gasteiger partial charge in [-0.25, -0.2) is 4.98 Å². The number of hydrogen-bond acceptors (Lipinski definition) is 4. The van der Waals surface area contributed by atoms with Crippen LogP contribution in [0.25, 0.3) is 16.4 Å². The highest BCUT2D eigenvalue weighted by molar-refractivity contribution is 7.13. The molecule has 0 radical (unpaired) electrons. The predicted molar refractivity (Wildman–Crippen MR) is 76.9 cm³/mol. The Morgan fingerprint density at radius 3 is 2.84 bits per heavy atom. The third-order valence-electron chi connectivity index (χ3n) is 2.60. The standard InChI is InChI=1S/C13H11ClN4S/c14-7-6-10-9-19-13(16-10)12-8-15-18(17-12)11-4-2-1-3-5-11/h1-5,8-9H,6-7H2. The first kappa shape index (κ1) is 12.3. The van der Waals surface area contributed by atoms with Gasteiger partial charge in [0.15, 0.2) is 0 Å². The van der Waals surface area contributed by atoms with Crippen LogP contribution >= 0.6 is 22.9 Å². The quantitative estimate of drug-likeness (QED) is 0.693. The van der Waals surface area contributed by atoms with Gasteiger partial charge in [0.1, 0.15) is 10.7 Å². The van der Waals surface area contributed by atoms with Crippen molar-refractivity contribution < 1.29 is 0 Å². The predicted octanol–water partition coefficient (Wildman–Crippen LogP) is 3.17. The zero-order valence-corrected chi connectivity index (χ0v) is 11.6. The van der Waals surface area contributed by atoms with Crippen LogP contribution in [0.5, 0.6) is 0 Å². The number of aromatic nitrogens is 4. The summed E-state index contributed by atoms with van der Waals surface area (Å²) >= 11 is 7.27. The fraction of sp³-hybridized carbons (Fsp3) is 0.154. The van der Waals surface area contributed by atoms with E-state index in [1.807, 2.05) is 35.7 Å². The third-order valence-corrected chi connectivity index (χ3v) is 3.70. The number of rotatable bonds is 4. The summed E-state index contributed by atoms with van der Waals surface area (Å²) in [4.78, 5) is 6.10. The molecule has 1 aromatic carbocycles. The zero-order valence-electron chi connectivity index (χ0n) is 10.0. The molecule has 4 nitrogen and oxygen atoms in total. The van der Waals surface area contributed by atoms with Crippen molar-refractivity contribution >= 4 is 22.9 Å². The van der Waals surface area contributed by atoms with E-state index in [4.69, 9.17) is 11.6 Å². The molecule has 0 atom stereocenters. The second-order valence-electron chi connectivity index (χ2n) is 3.94. The van der Waals surface area contributed by atoms with Gasteiger partial charge in [-0.15, -0.1) is 28.0 Å². The van der Waals surface area contributed by atoms with Gasteiger partial charge in [-0.3, -0.25) is 0 Å². The van der Waals surface area contributed by atoms with E-state index in [1.165, 1.54) is 0 Å². The normalized spacial score (nSPS) is 10.8. The lowest BCUT2D eigenvalue weighted by molar-refractivity contribution is 0.753. The van der Waals surface area contributed by atoms with Crippen molar-refractivity contribution in [1.29, 1.82) is 0 Å². The molecule has 19 heavy (non-hydrogen) atoms. The number of thiazole rings is 1. The molecule has 0 saturated carbocycles. The third kappa shape index (κ3) is 2.67. The number of para-hydroxylation sites is 1. The highest BCUT2D eigenvalue weighted by Crippen LogP contribution is 2.22. The molecule has 0 aliphatic heterocycles. The van der Waals surface area contributed by atoms with Crippen LogP contribution in [-0.4, -0.2) is 25.9 Å². The number of alkyl halides is 1. The van der Waals surface area contributed by atoms with Crippen molar-refractivity contribution in [3.63, 3.8) is 0 Å². The SMILES string of the molecule is ClCCc1csc(-c2cnn(-c3ccccc3)n2)n1. The summed E-state index contributed by atoms with van der Waals surface area (Å²) in [5.41, 5.74) is 2.73. The Kier molecular flexibility index (Phi) is 3.57. The lowest BCUT2D eigenvalue weighted by Crippen LogP contribution is -1.97. The van der Waals surface area contributed by atoms with Crippen molar-refractivity contribution in [1.82, 2.24) is 20.0 Å². The highest BCUT2D eigenvalue weighted by atomic mass is 35.5. The Balaban J connectivity index is 1.88. The molecule has 2 aromatic heterocycles. The molecule has 3 aromatic rings. The van der Waals surface area contributed by atoms with E-state index in [2.05, 4.69) is 15.2 Å². The second kappa shape index (κ2) is 5.50. The first-order valence-electron chi connectivity index (χ1n) is 5.85. The number of aryl methyl sites for hydroxylation is 1. The largest absolute Gasteiger partial charge is 0.239 e. The molecule has 6 heteroatoms. The van der Waals surface area contributed by atoms with E-state index in [0.717, 1.165) is 28.5 Å². The molecule has 2 heterocycles. The molecule has 3 rings (SSSR count). The topological polar surface area (TPSA) is 43.6 Å². The molecule has 0 unspecified atom stereocenters. The number of benzene rings is 1. The van der Waals surface area contributed by atoms with Crippen LogP contribution in [0.4, 0.5) is 0 Å². The minimum absolute atomic E-state index is 0.583. The van der Waals surface area contributed by atoms with Crippen molar-refractivity contribution in [2.24, 2.45) is 0 Å². The fourth-order valence-electron chi connectivity index (χ4n) is 1.68. The molecule has 0 bridgehead atoms. The van der Waals surface area contributed by atoms with Crippen LogP contribution in [0.3, 0.4) is 0 Å². The van der Waals surface area contributed by atoms with Gasteiger partial charge in [0.05, 0.1) is 17.6 Å². The van der Waals surface area contributed by atoms with Gasteiger partial charge >= 0.3 is 0 Å². The first-order valence-corrected chi connectivity index (χ1v) is 7.27. The van der Waals surface area contributed by atoms with Crippen LogP contribution in [0, 0.1) is 0 Å². The summed E-state index contributed by atoms with van der Waals surface area (Å²) in [6, 6.07) is 9.81. The van der Waals surface area contributed by atoms with Gasteiger partial charge in [0, 0.05) is 17.7 Å². The van der Waals surface area contributed by atoms with Crippen LogP contribution in [0.2, 0.25) is 0 Å². The van der Waals surface area contributed by atoms with Gasteiger partial charge in [-0.05, 0) is 12.1 Å². The maximum atomic E-state index is 5.71. The van der Waals surface area contributed by atoms with Crippen LogP contribution < -0.4 is 0 Å². The van der Waals surface area contributed by atoms with Crippen molar-refractivity contribution in [3.05, 3.63) is 47.6 Å². The molecule has 0 fully saturated rings. The molecule has 0 amide bonds. The van der Waals surface area contributed by atoms with Crippen molar-refractivity contribution in [2.45, 2.75) is 6.42 Å². The first-order chi connectivity index (χ1) is 9.36. The van der Waals surface area contributed by atoms with E-state index >= 15 is 0 Å². The fourth-order valence-corrected chi connectivity index (χ4v) is 2.68. The Bertz CT molecular complexity index is 662. The maximum Gasteiger partial charge on any atom is 0.145 e. The van der Waals surface area contributed by atoms with Gasteiger partial charge in [-0.2, -0.15) is 9.90 Å². The smallest absolute Gasteiger partial charge is 0.145 e. The Hall–Kier alpha value is -1.72. The zero-order chi connectivity index (χ0) is 13.1. The molecule has 0 N–H and O–H groups in total. The van der Waals surface area contributed by atoms with Crippen LogP contribution in [0.1, 0.15) is 5.69 Å². The Morgan fingerprint density at radius 2 is 2.05 bits per heavy atom. The lowest BCUT2D eigenvalue weighted by Gasteiger charge is -1.96. The minimum atomic E-state index is 0.583. The summed E-state index contributed by atoms with van der Waals surface area (Å²) < 4.78 is 0. The lowest BCUT2D eigenvalue weighted by atomic mass is 10.3. The summed E-state index contributed by atoms with van der Waals surface area (Å²) in [6.07, 6.45) is 2.52. The number of nitrogens with zero attached hydrogens (tertiary/aromatic N) is 4. The van der Waals surface area contributed by atoms with E-state index < -0.39 is 0 Å². The summed E-state index contributed by atoms with van der Waals surface area (Å²) in [7, 11) is 0. The molecular formula is C13H11ClN4S. The summed E-state index contributed by atoms with van der Waals surface area (Å²) in [5.74, 6) is 0.583. The molecule has 0 spiro atoms. The molecule has 0 saturated heterocycles. The van der Waals surface area contributed by atoms with Gasteiger partial charge < -0.3 is 0 Å². The number of hydrogen-bond donors (Lipinski definition) is 0. The molecule has 96 valence electrons. The van der Waals surface area contributed by atoms with Crippen molar-refractivity contribution in [3.8, 4) is 16.4 Å². The van der Waals surface area contributed by atoms with Crippen LogP contribution in [-0.2, 0) is 6.42 Å². The average Bonchev–Trinajstić information content (AvgIpc) is 3.08. The Labute approximate surface area is 119 Å². The second-order valence-corrected chi connectivity index (χ2v) is 5.17. The molecular weight excluding hydrogens is 280 g/mol. The van der Waals surface area contributed by atoms with E-state index in [0.29, 0.717) is 5.88 Å². The minimum Gasteiger partial charge on any atom is -0.239 e. The van der Waals surface area contributed by atoms with Crippen molar-refractivity contribution in [2.75, 3.05) is 5.88 Å². The molecule has 0 aliphatic carbocycles. The van der Waals surface area contributed by atoms with E-state index in [9.17, 15) is 0 Å². The summed E-state index contributed by atoms with van der Waals surface area (Å²) in [6.45, 7) is 0. The highest BCUT2D eigenvalue weighted by Gasteiger charge is 2.09. The molecule has 0 aliphatic rings.